The largest absolute Gasteiger partial charge is 0.382 e. The molecule has 0 aliphatic heterocycles. The average Bonchev–Trinajstić information content (AvgIpc) is 2.26. The van der Waals surface area contributed by atoms with Gasteiger partial charge in [-0.3, -0.25) is 11.3 Å². The van der Waals surface area contributed by atoms with E-state index in [1.807, 2.05) is 6.92 Å². The van der Waals surface area contributed by atoms with Crippen LogP contribution in [0, 0.1) is 5.82 Å². The summed E-state index contributed by atoms with van der Waals surface area (Å²) in [5.74, 6) is 5.05. The van der Waals surface area contributed by atoms with Crippen LogP contribution in [0.1, 0.15) is 24.9 Å². The van der Waals surface area contributed by atoms with Gasteiger partial charge in [0.05, 0.1) is 12.1 Å². The molecule has 16 heavy (non-hydrogen) atoms. The molecule has 0 spiro atoms. The molecule has 1 aromatic rings. The lowest BCUT2D eigenvalue weighted by Crippen LogP contribution is -2.31. The highest BCUT2D eigenvalue weighted by Gasteiger charge is 2.17. The molecule has 0 saturated carbocycles. The number of nitrogens with two attached hydrogens (primary N) is 1. The van der Waals surface area contributed by atoms with Gasteiger partial charge in [-0.05, 0) is 25.5 Å². The van der Waals surface area contributed by atoms with Crippen LogP contribution in [0.3, 0.4) is 0 Å². The molecule has 5 heteroatoms. The molecule has 1 rings (SSSR count). The van der Waals surface area contributed by atoms with Crippen LogP contribution in [0.5, 0.6) is 0 Å². The van der Waals surface area contributed by atoms with Gasteiger partial charge in [-0.25, -0.2) is 4.39 Å². The highest BCUT2D eigenvalue weighted by molar-refractivity contribution is 6.30. The summed E-state index contributed by atoms with van der Waals surface area (Å²) < 4.78 is 18.7. The molecule has 2 unspecified atom stereocenters. The number of hydrazine groups is 1. The number of rotatable bonds is 5. The standard InChI is InChI=1S/C11H16ClFN2O/c1-7(16-2)5-11(15-14)9-4-3-8(12)6-10(9)13/h3-4,6-7,11,15H,5,14H2,1-2H3. The molecule has 0 bridgehead atoms. The number of hydrogen-bond donors (Lipinski definition) is 2. The maximum Gasteiger partial charge on any atom is 0.129 e. The Morgan fingerprint density at radius 1 is 1.56 bits per heavy atom. The van der Waals surface area contributed by atoms with Gasteiger partial charge in [-0.1, -0.05) is 17.7 Å². The van der Waals surface area contributed by atoms with Crippen LogP contribution in [-0.2, 0) is 4.74 Å². The highest BCUT2D eigenvalue weighted by atomic mass is 35.5. The first-order chi connectivity index (χ1) is 7.58. The van der Waals surface area contributed by atoms with Crippen molar-refractivity contribution in [1.82, 2.24) is 5.43 Å². The van der Waals surface area contributed by atoms with Crippen molar-refractivity contribution in [3.05, 3.63) is 34.6 Å². The van der Waals surface area contributed by atoms with Crippen molar-refractivity contribution in [2.75, 3.05) is 7.11 Å². The van der Waals surface area contributed by atoms with Crippen molar-refractivity contribution in [2.45, 2.75) is 25.5 Å². The van der Waals surface area contributed by atoms with Crippen molar-refractivity contribution in [3.8, 4) is 0 Å². The molecule has 90 valence electrons. The van der Waals surface area contributed by atoms with Crippen molar-refractivity contribution >= 4 is 11.6 Å². The molecule has 3 N–H and O–H groups in total. The first kappa shape index (κ1) is 13.4. The second-order valence-electron chi connectivity index (χ2n) is 3.67. The average molecular weight is 247 g/mol. The second-order valence-corrected chi connectivity index (χ2v) is 4.10. The molecule has 0 radical (unpaired) electrons. The third-order valence-electron chi connectivity index (χ3n) is 2.51. The van der Waals surface area contributed by atoms with E-state index in [0.717, 1.165) is 0 Å². The lowest BCUT2D eigenvalue weighted by Gasteiger charge is -2.20. The summed E-state index contributed by atoms with van der Waals surface area (Å²) in [6.45, 7) is 1.90. The van der Waals surface area contributed by atoms with E-state index >= 15 is 0 Å². The third-order valence-corrected chi connectivity index (χ3v) is 2.74. The van der Waals surface area contributed by atoms with E-state index in [2.05, 4.69) is 5.43 Å². The normalized spacial score (nSPS) is 14.8. The Morgan fingerprint density at radius 3 is 2.75 bits per heavy atom. The Morgan fingerprint density at radius 2 is 2.25 bits per heavy atom. The summed E-state index contributed by atoms with van der Waals surface area (Å²) in [5.41, 5.74) is 3.08. The monoisotopic (exact) mass is 246 g/mol. The molecule has 3 nitrogen and oxygen atoms in total. The number of halogens is 2. The van der Waals surface area contributed by atoms with E-state index in [1.165, 1.54) is 6.07 Å². The topological polar surface area (TPSA) is 47.3 Å². The van der Waals surface area contributed by atoms with Gasteiger partial charge in [-0.15, -0.1) is 0 Å². The minimum absolute atomic E-state index is 0.00359. The predicted molar refractivity (Wildman–Crippen MR) is 62.6 cm³/mol. The molecule has 0 fully saturated rings. The lowest BCUT2D eigenvalue weighted by molar-refractivity contribution is 0.1000. The van der Waals surface area contributed by atoms with Crippen LogP contribution in [0.2, 0.25) is 5.02 Å². The second kappa shape index (κ2) is 6.15. The molecule has 0 aromatic heterocycles. The fourth-order valence-electron chi connectivity index (χ4n) is 1.50. The van der Waals surface area contributed by atoms with E-state index in [1.54, 1.807) is 19.2 Å². The molecular weight excluding hydrogens is 231 g/mol. The van der Waals surface area contributed by atoms with Crippen molar-refractivity contribution in [3.63, 3.8) is 0 Å². The Bertz CT molecular complexity index is 349. The lowest BCUT2D eigenvalue weighted by atomic mass is 10.0. The van der Waals surface area contributed by atoms with E-state index in [-0.39, 0.29) is 18.0 Å². The molecule has 0 aliphatic carbocycles. The number of benzene rings is 1. The van der Waals surface area contributed by atoms with Crippen molar-refractivity contribution < 1.29 is 9.13 Å². The van der Waals surface area contributed by atoms with Gasteiger partial charge in [0.2, 0.25) is 0 Å². The van der Waals surface area contributed by atoms with Gasteiger partial charge in [0, 0.05) is 17.7 Å². The van der Waals surface area contributed by atoms with Gasteiger partial charge < -0.3 is 4.74 Å². The zero-order chi connectivity index (χ0) is 12.1. The molecule has 0 amide bonds. The molecular formula is C11H16ClFN2O. The van der Waals surface area contributed by atoms with E-state index in [9.17, 15) is 4.39 Å². The van der Waals surface area contributed by atoms with Gasteiger partial charge in [0.25, 0.3) is 0 Å². The van der Waals surface area contributed by atoms with Gasteiger partial charge >= 0.3 is 0 Å². The first-order valence-corrected chi connectivity index (χ1v) is 5.40. The maximum atomic E-state index is 13.6. The zero-order valence-corrected chi connectivity index (χ0v) is 10.1. The van der Waals surface area contributed by atoms with Gasteiger partial charge in [-0.2, -0.15) is 0 Å². The summed E-state index contributed by atoms with van der Waals surface area (Å²) in [6, 6.07) is 4.26. The summed E-state index contributed by atoms with van der Waals surface area (Å²) in [6.07, 6.45) is 0.585. The minimum atomic E-state index is -0.362. The van der Waals surface area contributed by atoms with Crippen LogP contribution in [0.25, 0.3) is 0 Å². The van der Waals surface area contributed by atoms with Crippen molar-refractivity contribution in [1.29, 1.82) is 0 Å². The van der Waals surface area contributed by atoms with Crippen molar-refractivity contribution in [2.24, 2.45) is 5.84 Å². The quantitative estimate of drug-likeness (QED) is 0.620. The zero-order valence-electron chi connectivity index (χ0n) is 9.34. The number of nitrogens with one attached hydrogen (secondary N) is 1. The van der Waals surface area contributed by atoms with Gasteiger partial charge in [0.15, 0.2) is 0 Å². The first-order valence-electron chi connectivity index (χ1n) is 5.02. The smallest absolute Gasteiger partial charge is 0.129 e. The summed E-state index contributed by atoms with van der Waals surface area (Å²) in [5, 5.41) is 0.372. The Hall–Kier alpha value is -0.680. The Labute approximate surface area is 99.7 Å². The van der Waals surface area contributed by atoms with E-state index in [4.69, 9.17) is 22.2 Å². The molecule has 0 heterocycles. The van der Waals surface area contributed by atoms with Crippen LogP contribution >= 0.6 is 11.6 Å². The summed E-state index contributed by atoms with van der Waals surface area (Å²) >= 11 is 5.68. The predicted octanol–water partition coefficient (Wildman–Crippen LogP) is 2.41. The van der Waals surface area contributed by atoms with Crippen LogP contribution in [-0.4, -0.2) is 13.2 Å². The molecule has 2 atom stereocenters. The maximum absolute atomic E-state index is 13.6. The number of methoxy groups -OCH3 is 1. The molecule has 0 saturated heterocycles. The van der Waals surface area contributed by atoms with Crippen LogP contribution in [0.4, 0.5) is 4.39 Å². The fourth-order valence-corrected chi connectivity index (χ4v) is 1.66. The Kier molecular flexibility index (Phi) is 5.15. The van der Waals surface area contributed by atoms with Crippen LogP contribution < -0.4 is 11.3 Å². The SMILES string of the molecule is COC(C)CC(NN)c1ccc(Cl)cc1F. The fraction of sp³-hybridized carbons (Fsp3) is 0.455. The van der Waals surface area contributed by atoms with Crippen LogP contribution in [0.15, 0.2) is 18.2 Å². The summed E-state index contributed by atoms with van der Waals surface area (Å²) in [4.78, 5) is 0. The van der Waals surface area contributed by atoms with E-state index < -0.39 is 0 Å². The number of ether oxygens (including phenoxy) is 1. The third kappa shape index (κ3) is 3.42. The highest BCUT2D eigenvalue weighted by Crippen LogP contribution is 2.24. The Balaban J connectivity index is 2.86. The summed E-state index contributed by atoms with van der Waals surface area (Å²) in [7, 11) is 1.61. The number of hydrogen-bond acceptors (Lipinski definition) is 3. The molecule has 1 aromatic carbocycles. The van der Waals surface area contributed by atoms with Gasteiger partial charge in [0.1, 0.15) is 5.82 Å². The van der Waals surface area contributed by atoms with E-state index in [0.29, 0.717) is 17.0 Å². The molecule has 0 aliphatic rings. The minimum Gasteiger partial charge on any atom is -0.382 e.